The molecule has 3 rings (SSSR count). The molecule has 1 unspecified atom stereocenters. The molecule has 3 aliphatic rings. The van der Waals surface area contributed by atoms with Crippen molar-refractivity contribution >= 4 is 22.4 Å². The van der Waals surface area contributed by atoms with Gasteiger partial charge in [0.05, 0.1) is 5.70 Å². The molecule has 1 fully saturated rings. The summed E-state index contributed by atoms with van der Waals surface area (Å²) in [5.41, 5.74) is 1.92. The zero-order chi connectivity index (χ0) is 23.0. The molecule has 0 saturated heterocycles. The van der Waals surface area contributed by atoms with E-state index in [-0.39, 0.29) is 22.2 Å². The Balaban J connectivity index is 1.89. The number of aliphatic hydroxyl groups excluding tert-OH is 1. The fourth-order valence-corrected chi connectivity index (χ4v) is 6.62. The maximum atomic E-state index is 12.8. The van der Waals surface area contributed by atoms with Gasteiger partial charge in [-0.15, -0.1) is 0 Å². The van der Waals surface area contributed by atoms with Crippen molar-refractivity contribution in [3.05, 3.63) is 34.8 Å². The highest BCUT2D eigenvalue weighted by molar-refractivity contribution is 7.84. The van der Waals surface area contributed by atoms with Crippen molar-refractivity contribution in [1.29, 1.82) is 0 Å². The molecule has 1 saturated carbocycles. The van der Waals surface area contributed by atoms with Crippen LogP contribution in [-0.2, 0) is 20.4 Å². The smallest absolute Gasteiger partial charge is 0.232 e. The van der Waals surface area contributed by atoms with Crippen molar-refractivity contribution in [3.8, 4) is 0 Å². The number of nitrogens with one attached hydrogen (secondary N) is 1. The number of rotatable bonds is 7. The molecule has 31 heavy (non-hydrogen) atoms. The Morgan fingerprint density at radius 2 is 1.97 bits per heavy atom. The standard InChI is InChI=1S/C25H37NO4S/c1-16-8-6-9-21-24(16,3)11-10-17(2)25(21,4)15-18-22(28)19(14-20(27)23(18)29)26-12-7-13-31(5)30/h8,14,17,21,26,28H,6-7,9-13,15H2,1-5H3/t17-,21+,24+,25+,31?/m0/s1. The Kier molecular flexibility index (Phi) is 6.99. The Morgan fingerprint density at radius 1 is 1.26 bits per heavy atom. The summed E-state index contributed by atoms with van der Waals surface area (Å²) in [4.78, 5) is 25.3. The third kappa shape index (κ3) is 4.46. The van der Waals surface area contributed by atoms with E-state index in [1.54, 1.807) is 6.26 Å². The maximum Gasteiger partial charge on any atom is 0.232 e. The van der Waals surface area contributed by atoms with Crippen LogP contribution in [0.1, 0.15) is 66.2 Å². The summed E-state index contributed by atoms with van der Waals surface area (Å²) < 4.78 is 11.3. The minimum absolute atomic E-state index is 0.0917. The van der Waals surface area contributed by atoms with Crippen LogP contribution in [-0.4, -0.2) is 39.4 Å². The number of fused-ring (bicyclic) bond motifs is 1. The van der Waals surface area contributed by atoms with Crippen LogP contribution < -0.4 is 5.32 Å². The van der Waals surface area contributed by atoms with E-state index in [0.717, 1.165) is 25.7 Å². The molecule has 3 aliphatic carbocycles. The summed E-state index contributed by atoms with van der Waals surface area (Å²) in [7, 11) is -0.886. The van der Waals surface area contributed by atoms with Crippen LogP contribution in [0.3, 0.4) is 0 Å². The van der Waals surface area contributed by atoms with Crippen LogP contribution >= 0.6 is 0 Å². The number of allylic oxidation sites excluding steroid dienone is 4. The topological polar surface area (TPSA) is 83.5 Å². The predicted octanol–water partition coefficient (Wildman–Crippen LogP) is 4.38. The molecule has 6 heteroatoms. The van der Waals surface area contributed by atoms with Crippen molar-refractivity contribution in [3.63, 3.8) is 0 Å². The molecule has 2 N–H and O–H groups in total. The summed E-state index contributed by atoms with van der Waals surface area (Å²) in [6.07, 6.45) is 10.6. The molecule has 0 radical (unpaired) electrons. The molecule has 0 aromatic heterocycles. The zero-order valence-corrected chi connectivity index (χ0v) is 20.4. The van der Waals surface area contributed by atoms with Gasteiger partial charge in [0, 0.05) is 41.0 Å². The number of carbonyl (C=O) groups is 2. The minimum Gasteiger partial charge on any atom is -0.505 e. The van der Waals surface area contributed by atoms with Gasteiger partial charge in [-0.25, -0.2) is 0 Å². The lowest BCUT2D eigenvalue weighted by atomic mass is 9.46. The lowest BCUT2D eigenvalue weighted by molar-refractivity contribution is -0.132. The molecule has 0 aromatic rings. The number of ketones is 2. The van der Waals surface area contributed by atoms with Gasteiger partial charge in [-0.1, -0.05) is 32.4 Å². The zero-order valence-electron chi connectivity index (χ0n) is 19.5. The fraction of sp³-hybridized carbons (Fsp3) is 0.680. The molecule has 5 atom stereocenters. The number of hydrogen-bond donors (Lipinski definition) is 2. The highest BCUT2D eigenvalue weighted by Crippen LogP contribution is 2.62. The van der Waals surface area contributed by atoms with Crippen LogP contribution in [0.25, 0.3) is 0 Å². The third-order valence-electron chi connectivity index (χ3n) is 8.39. The van der Waals surface area contributed by atoms with E-state index in [1.165, 1.54) is 11.6 Å². The normalized spacial score (nSPS) is 34.7. The average Bonchev–Trinajstić information content (AvgIpc) is 2.71. The van der Waals surface area contributed by atoms with E-state index in [4.69, 9.17) is 0 Å². The molecule has 5 nitrogen and oxygen atoms in total. The van der Waals surface area contributed by atoms with Crippen LogP contribution in [0, 0.1) is 22.7 Å². The van der Waals surface area contributed by atoms with Gasteiger partial charge in [0.15, 0.2) is 0 Å². The van der Waals surface area contributed by atoms with Gasteiger partial charge in [-0.2, -0.15) is 0 Å². The van der Waals surface area contributed by atoms with Gasteiger partial charge in [-0.05, 0) is 68.1 Å². The van der Waals surface area contributed by atoms with E-state index in [1.807, 2.05) is 0 Å². The second-order valence-electron chi connectivity index (χ2n) is 10.2. The SMILES string of the molecule is CC1=CCC[C@H]2[C@](C)(CC3=C(O)C(NCCCS(C)=O)=CC(=O)C3=O)[C@@H](C)CC[C@]12C. The molecule has 0 aromatic carbocycles. The molecule has 0 spiro atoms. The molecular weight excluding hydrogens is 410 g/mol. The van der Waals surface area contributed by atoms with Crippen molar-refractivity contribution in [2.75, 3.05) is 18.6 Å². The first-order chi connectivity index (χ1) is 14.5. The largest absolute Gasteiger partial charge is 0.505 e. The summed E-state index contributed by atoms with van der Waals surface area (Å²) in [6.45, 7) is 9.56. The lowest BCUT2D eigenvalue weighted by Gasteiger charge is -2.58. The van der Waals surface area contributed by atoms with E-state index >= 15 is 0 Å². The quantitative estimate of drug-likeness (QED) is 0.262. The fourth-order valence-electron chi connectivity index (χ4n) is 6.07. The molecule has 172 valence electrons. The molecule has 0 amide bonds. The van der Waals surface area contributed by atoms with Crippen LogP contribution in [0.15, 0.2) is 34.8 Å². The second kappa shape index (κ2) is 9.05. The van der Waals surface area contributed by atoms with Gasteiger partial charge in [0.1, 0.15) is 5.76 Å². The van der Waals surface area contributed by atoms with E-state index in [2.05, 4.69) is 39.1 Å². The monoisotopic (exact) mass is 447 g/mol. The van der Waals surface area contributed by atoms with Gasteiger partial charge in [0.25, 0.3) is 0 Å². The summed E-state index contributed by atoms with van der Waals surface area (Å²) in [6, 6.07) is 0. The average molecular weight is 448 g/mol. The lowest BCUT2D eigenvalue weighted by Crippen LogP contribution is -2.50. The van der Waals surface area contributed by atoms with Gasteiger partial charge >= 0.3 is 0 Å². The predicted molar refractivity (Wildman–Crippen MR) is 125 cm³/mol. The Labute approximate surface area is 188 Å². The number of Topliss-reactive ketones (excluding diaryl/α,β-unsaturated/α-hetero) is 1. The van der Waals surface area contributed by atoms with Crippen molar-refractivity contribution in [1.82, 2.24) is 5.32 Å². The van der Waals surface area contributed by atoms with Crippen molar-refractivity contribution in [2.45, 2.75) is 66.2 Å². The van der Waals surface area contributed by atoms with Crippen LogP contribution in [0.5, 0.6) is 0 Å². The van der Waals surface area contributed by atoms with Crippen LogP contribution in [0.4, 0.5) is 0 Å². The highest BCUT2D eigenvalue weighted by Gasteiger charge is 2.54. The molecular formula is C25H37NO4S. The van der Waals surface area contributed by atoms with E-state index in [9.17, 15) is 18.9 Å². The molecule has 0 bridgehead atoms. The maximum absolute atomic E-state index is 12.8. The minimum atomic E-state index is -0.886. The first-order valence-electron chi connectivity index (χ1n) is 11.4. The molecule has 0 aliphatic heterocycles. The number of hydrogen-bond acceptors (Lipinski definition) is 5. The van der Waals surface area contributed by atoms with Crippen molar-refractivity contribution < 1.29 is 18.9 Å². The van der Waals surface area contributed by atoms with Crippen LogP contribution in [0.2, 0.25) is 0 Å². The van der Waals surface area contributed by atoms with E-state index < -0.39 is 22.4 Å². The number of aliphatic hydroxyl groups is 1. The highest BCUT2D eigenvalue weighted by atomic mass is 32.2. The van der Waals surface area contributed by atoms with Gasteiger partial charge in [0.2, 0.25) is 11.6 Å². The summed E-state index contributed by atoms with van der Waals surface area (Å²) >= 11 is 0. The first kappa shape index (κ1) is 24.0. The van der Waals surface area contributed by atoms with Gasteiger partial charge < -0.3 is 10.4 Å². The number of carbonyl (C=O) groups excluding carboxylic acids is 2. The first-order valence-corrected chi connectivity index (χ1v) is 13.2. The Morgan fingerprint density at radius 3 is 2.65 bits per heavy atom. The molecule has 0 heterocycles. The Hall–Kier alpha value is -1.69. The third-order valence-corrected chi connectivity index (χ3v) is 9.25. The van der Waals surface area contributed by atoms with Crippen molar-refractivity contribution in [2.24, 2.45) is 22.7 Å². The summed E-state index contributed by atoms with van der Waals surface area (Å²) in [5, 5.41) is 14.0. The summed E-state index contributed by atoms with van der Waals surface area (Å²) in [5.74, 6) is 0.0874. The Bertz CT molecular complexity index is 886. The van der Waals surface area contributed by atoms with Gasteiger partial charge in [-0.3, -0.25) is 13.8 Å². The second-order valence-corrected chi connectivity index (χ2v) is 11.7. The van der Waals surface area contributed by atoms with E-state index in [0.29, 0.717) is 42.7 Å².